The van der Waals surface area contributed by atoms with Gasteiger partial charge in [-0.2, -0.15) is 0 Å². The minimum absolute atomic E-state index is 1.44. The quantitative estimate of drug-likeness (QED) is 0.517. The first-order chi connectivity index (χ1) is 4.13. The van der Waals surface area contributed by atoms with E-state index >= 15 is 0 Å². The molecular formula is C8H12P-. The van der Waals surface area contributed by atoms with E-state index in [0.717, 1.165) is 0 Å². The molecule has 1 aromatic rings. The molecule has 1 rings (SSSR count). The van der Waals surface area contributed by atoms with Crippen molar-refractivity contribution in [3.8, 4) is 0 Å². The monoisotopic (exact) mass is 139 g/mol. The van der Waals surface area contributed by atoms with Gasteiger partial charge in [0.1, 0.15) is 0 Å². The molecule has 0 amide bonds. The summed E-state index contributed by atoms with van der Waals surface area (Å²) in [6, 6.07) is 0. The molecule has 0 nitrogen and oxygen atoms in total. The molecule has 50 valence electrons. The Morgan fingerprint density at radius 3 is 1.22 bits per heavy atom. The summed E-state index contributed by atoms with van der Waals surface area (Å²) in [5.74, 6) is 0. The minimum atomic E-state index is 1.44. The topological polar surface area (TPSA) is 0 Å². The predicted octanol–water partition coefficient (Wildman–Crippen LogP) is 3.22. The maximum atomic E-state index is 2.21. The van der Waals surface area contributed by atoms with E-state index in [1.54, 1.807) is 0 Å². The molecule has 0 bridgehead atoms. The summed E-state index contributed by atoms with van der Waals surface area (Å²) in [5.41, 5.74) is 2.99. The molecule has 0 atom stereocenters. The van der Waals surface area contributed by atoms with E-state index in [2.05, 4.69) is 27.7 Å². The Bertz CT molecular complexity index is 198. The molecule has 9 heavy (non-hydrogen) atoms. The highest BCUT2D eigenvalue weighted by atomic mass is 31.0. The molecule has 0 fully saturated rings. The maximum Gasteiger partial charge on any atom is -0.0419 e. The predicted molar refractivity (Wildman–Crippen MR) is 43.5 cm³/mol. The van der Waals surface area contributed by atoms with E-state index < -0.39 is 0 Å². The Morgan fingerprint density at radius 2 is 1.11 bits per heavy atom. The van der Waals surface area contributed by atoms with Gasteiger partial charge < -0.3 is 8.19 Å². The summed E-state index contributed by atoms with van der Waals surface area (Å²) in [4.78, 5) is 0. The lowest BCUT2D eigenvalue weighted by atomic mass is 10.2. The smallest absolute Gasteiger partial charge is 0.0419 e. The molecule has 0 aliphatic rings. The van der Waals surface area contributed by atoms with Crippen molar-refractivity contribution in [1.82, 2.24) is 0 Å². The van der Waals surface area contributed by atoms with Crippen molar-refractivity contribution in [2.75, 3.05) is 0 Å². The van der Waals surface area contributed by atoms with Gasteiger partial charge in [0.05, 0.1) is 0 Å². The summed E-state index contributed by atoms with van der Waals surface area (Å²) >= 11 is 0. The van der Waals surface area contributed by atoms with Crippen molar-refractivity contribution in [3.63, 3.8) is 0 Å². The SMILES string of the molecule is Cc1[p-]c(C)c(C)c1C. The summed E-state index contributed by atoms with van der Waals surface area (Å²) < 4.78 is 0. The zero-order valence-corrected chi connectivity index (χ0v) is 7.34. The fraction of sp³-hybridized carbons (Fsp3) is 0.500. The molecule has 1 heterocycles. The van der Waals surface area contributed by atoms with Gasteiger partial charge in [0.2, 0.25) is 0 Å². The zero-order valence-electron chi connectivity index (χ0n) is 6.45. The van der Waals surface area contributed by atoms with Crippen molar-refractivity contribution in [2.45, 2.75) is 27.7 Å². The van der Waals surface area contributed by atoms with Gasteiger partial charge in [0, 0.05) is 0 Å². The fourth-order valence-corrected chi connectivity index (χ4v) is 2.14. The van der Waals surface area contributed by atoms with Crippen LogP contribution in [0.1, 0.15) is 21.7 Å². The van der Waals surface area contributed by atoms with E-state index in [-0.39, 0.29) is 0 Å². The van der Waals surface area contributed by atoms with Gasteiger partial charge in [-0.3, -0.25) is 0 Å². The van der Waals surface area contributed by atoms with Gasteiger partial charge >= 0.3 is 0 Å². The lowest BCUT2D eigenvalue weighted by molar-refractivity contribution is 1.32. The third-order valence-corrected chi connectivity index (χ3v) is 3.32. The third-order valence-electron chi connectivity index (χ3n) is 1.98. The minimum Gasteiger partial charge on any atom is -0.524 e. The van der Waals surface area contributed by atoms with Gasteiger partial charge in [0.25, 0.3) is 0 Å². The first kappa shape index (κ1) is 6.89. The highest BCUT2D eigenvalue weighted by Crippen LogP contribution is 2.29. The van der Waals surface area contributed by atoms with Crippen molar-refractivity contribution in [1.29, 1.82) is 0 Å². The van der Waals surface area contributed by atoms with Crippen LogP contribution >= 0.6 is 8.19 Å². The highest BCUT2D eigenvalue weighted by molar-refractivity contribution is 7.32. The molecule has 0 unspecified atom stereocenters. The molecule has 1 aromatic heterocycles. The standard InChI is InChI=1S/C8H12P/c1-5-6(2)8(4)9-7(5)3/h1-4H3/q-1. The van der Waals surface area contributed by atoms with Crippen molar-refractivity contribution < 1.29 is 0 Å². The van der Waals surface area contributed by atoms with E-state index in [9.17, 15) is 0 Å². The average Bonchev–Trinajstić information content (AvgIpc) is 1.98. The van der Waals surface area contributed by atoms with Crippen LogP contribution in [-0.2, 0) is 0 Å². The summed E-state index contributed by atoms with van der Waals surface area (Å²) in [5, 5.41) is 3.04. The summed E-state index contributed by atoms with van der Waals surface area (Å²) in [6.07, 6.45) is 0. The van der Waals surface area contributed by atoms with Gasteiger partial charge in [-0.1, -0.05) is 25.0 Å². The number of rotatable bonds is 0. The second-order valence-electron chi connectivity index (χ2n) is 2.53. The van der Waals surface area contributed by atoms with Crippen LogP contribution in [-0.4, -0.2) is 0 Å². The van der Waals surface area contributed by atoms with Gasteiger partial charge in [-0.15, -0.1) is 0 Å². The number of aryl methyl sites for hydroxylation is 2. The maximum absolute atomic E-state index is 2.21. The fourth-order valence-electron chi connectivity index (χ4n) is 0.962. The van der Waals surface area contributed by atoms with Gasteiger partial charge in [-0.05, 0) is 13.8 Å². The van der Waals surface area contributed by atoms with Gasteiger partial charge in [-0.25, -0.2) is 10.6 Å². The largest absolute Gasteiger partial charge is 0.524 e. The molecule has 0 saturated heterocycles. The van der Waals surface area contributed by atoms with Crippen LogP contribution in [0, 0.1) is 27.7 Å². The Labute approximate surface area is 58.4 Å². The van der Waals surface area contributed by atoms with Crippen LogP contribution in [0.3, 0.4) is 0 Å². The molecule has 0 aliphatic carbocycles. The first-order valence-electron chi connectivity index (χ1n) is 3.20. The van der Waals surface area contributed by atoms with Crippen LogP contribution in [0.15, 0.2) is 0 Å². The van der Waals surface area contributed by atoms with Crippen molar-refractivity contribution in [2.24, 2.45) is 0 Å². The van der Waals surface area contributed by atoms with E-state index in [1.165, 1.54) is 29.9 Å². The highest BCUT2D eigenvalue weighted by Gasteiger charge is 1.90. The average molecular weight is 139 g/mol. The van der Waals surface area contributed by atoms with Crippen LogP contribution in [0.2, 0.25) is 0 Å². The number of hydrogen-bond acceptors (Lipinski definition) is 0. The molecule has 0 aromatic carbocycles. The van der Waals surface area contributed by atoms with Crippen molar-refractivity contribution >= 4 is 8.19 Å². The zero-order chi connectivity index (χ0) is 7.02. The normalized spacial score (nSPS) is 10.2. The molecule has 1 heteroatoms. The van der Waals surface area contributed by atoms with Crippen LogP contribution in [0.25, 0.3) is 0 Å². The summed E-state index contributed by atoms with van der Waals surface area (Å²) in [6.45, 7) is 8.82. The van der Waals surface area contributed by atoms with E-state index in [4.69, 9.17) is 0 Å². The van der Waals surface area contributed by atoms with E-state index in [0.29, 0.717) is 0 Å². The number of hydrogen-bond donors (Lipinski definition) is 0. The molecule has 0 radical (unpaired) electrons. The van der Waals surface area contributed by atoms with Crippen molar-refractivity contribution in [3.05, 3.63) is 21.7 Å². The van der Waals surface area contributed by atoms with E-state index in [1.807, 2.05) is 0 Å². The van der Waals surface area contributed by atoms with Gasteiger partial charge in [0.15, 0.2) is 0 Å². The van der Waals surface area contributed by atoms with Crippen LogP contribution in [0.4, 0.5) is 0 Å². The second-order valence-corrected chi connectivity index (χ2v) is 4.10. The third kappa shape index (κ3) is 1.04. The Hall–Kier alpha value is -0.220. The molecule has 0 spiro atoms. The first-order valence-corrected chi connectivity index (χ1v) is 4.09. The lowest BCUT2D eigenvalue weighted by Crippen LogP contribution is -1.73. The second kappa shape index (κ2) is 2.19. The molecule has 0 saturated carbocycles. The Balaban J connectivity index is 3.29. The lowest BCUT2D eigenvalue weighted by Gasteiger charge is -1.96. The molecule has 0 N–H and O–H groups in total. The Morgan fingerprint density at radius 1 is 0.778 bits per heavy atom. The van der Waals surface area contributed by atoms with Crippen LogP contribution < -0.4 is 0 Å². The molecule has 0 aliphatic heterocycles. The summed E-state index contributed by atoms with van der Waals surface area (Å²) in [7, 11) is 1.44. The van der Waals surface area contributed by atoms with Crippen LogP contribution in [0.5, 0.6) is 0 Å². The Kier molecular flexibility index (Phi) is 1.68. The molecular weight excluding hydrogens is 127 g/mol.